The van der Waals surface area contributed by atoms with Crippen molar-refractivity contribution in [1.29, 1.82) is 0 Å². The topological polar surface area (TPSA) is 49.3 Å². The van der Waals surface area contributed by atoms with E-state index in [0.29, 0.717) is 4.47 Å². The Morgan fingerprint density at radius 2 is 2.25 bits per heavy atom. The van der Waals surface area contributed by atoms with Crippen LogP contribution in [-0.4, -0.2) is 17.1 Å². The van der Waals surface area contributed by atoms with Gasteiger partial charge in [0.1, 0.15) is 11.9 Å². The second-order valence-electron chi connectivity index (χ2n) is 3.88. The first kappa shape index (κ1) is 11.5. The fourth-order valence-electron chi connectivity index (χ4n) is 1.52. The summed E-state index contributed by atoms with van der Waals surface area (Å²) in [6, 6.07) is 3.56. The van der Waals surface area contributed by atoms with Gasteiger partial charge in [0.15, 0.2) is 0 Å². The second-order valence-corrected chi connectivity index (χ2v) is 4.79. The number of hydrogen-bond donors (Lipinski definition) is 2. The monoisotopic (exact) mass is 287 g/mol. The standard InChI is InChI=1S/C11H11BrFNO2/c12-6-1-4-9(13)8(5-6)10(11(15)16)14-7-2-3-7/h1,4-5,7,10,14H,2-3H2,(H,15,16). The molecule has 3 nitrogen and oxygen atoms in total. The quantitative estimate of drug-likeness (QED) is 0.894. The van der Waals surface area contributed by atoms with Crippen LogP contribution in [0.3, 0.4) is 0 Å². The van der Waals surface area contributed by atoms with Gasteiger partial charge >= 0.3 is 5.97 Å². The lowest BCUT2D eigenvalue weighted by molar-refractivity contribution is -0.139. The molecule has 0 saturated heterocycles. The van der Waals surface area contributed by atoms with Gasteiger partial charge in [0, 0.05) is 16.1 Å². The lowest BCUT2D eigenvalue weighted by Gasteiger charge is -2.15. The van der Waals surface area contributed by atoms with Crippen LogP contribution in [0.15, 0.2) is 22.7 Å². The van der Waals surface area contributed by atoms with Gasteiger partial charge in [-0.25, -0.2) is 4.39 Å². The molecule has 1 aromatic carbocycles. The van der Waals surface area contributed by atoms with Crippen molar-refractivity contribution in [2.24, 2.45) is 0 Å². The van der Waals surface area contributed by atoms with Gasteiger partial charge in [-0.3, -0.25) is 10.1 Å². The number of aliphatic carboxylic acids is 1. The van der Waals surface area contributed by atoms with Crippen LogP contribution in [0.4, 0.5) is 4.39 Å². The SMILES string of the molecule is O=C(O)C(NC1CC1)c1cc(Br)ccc1F. The van der Waals surface area contributed by atoms with E-state index in [-0.39, 0.29) is 11.6 Å². The molecular weight excluding hydrogens is 277 g/mol. The summed E-state index contributed by atoms with van der Waals surface area (Å²) in [5, 5.41) is 12.0. The van der Waals surface area contributed by atoms with Crippen molar-refractivity contribution in [2.75, 3.05) is 0 Å². The Morgan fingerprint density at radius 3 is 2.81 bits per heavy atom. The first-order valence-corrected chi connectivity index (χ1v) is 5.81. The minimum Gasteiger partial charge on any atom is -0.480 e. The van der Waals surface area contributed by atoms with E-state index in [0.717, 1.165) is 12.8 Å². The van der Waals surface area contributed by atoms with Crippen LogP contribution in [-0.2, 0) is 4.79 Å². The van der Waals surface area contributed by atoms with Gasteiger partial charge in [0.25, 0.3) is 0 Å². The summed E-state index contributed by atoms with van der Waals surface area (Å²) in [5.41, 5.74) is 0.175. The Labute approximate surface area is 101 Å². The summed E-state index contributed by atoms with van der Waals surface area (Å²) < 4.78 is 14.2. The fraction of sp³-hybridized carbons (Fsp3) is 0.364. The zero-order valence-electron chi connectivity index (χ0n) is 8.41. The first-order chi connectivity index (χ1) is 7.58. The van der Waals surface area contributed by atoms with Crippen LogP contribution in [0, 0.1) is 5.82 Å². The predicted molar refractivity (Wildman–Crippen MR) is 60.6 cm³/mol. The van der Waals surface area contributed by atoms with Crippen LogP contribution in [0.25, 0.3) is 0 Å². The molecule has 0 radical (unpaired) electrons. The summed E-state index contributed by atoms with van der Waals surface area (Å²) in [5.74, 6) is -1.55. The Balaban J connectivity index is 2.29. The molecule has 5 heteroatoms. The van der Waals surface area contributed by atoms with Gasteiger partial charge in [-0.05, 0) is 31.0 Å². The molecule has 86 valence electrons. The van der Waals surface area contributed by atoms with Crippen LogP contribution in [0.5, 0.6) is 0 Å². The van der Waals surface area contributed by atoms with E-state index in [1.807, 2.05) is 0 Å². The lowest BCUT2D eigenvalue weighted by Crippen LogP contribution is -2.30. The molecule has 0 amide bonds. The van der Waals surface area contributed by atoms with E-state index in [4.69, 9.17) is 5.11 Å². The molecule has 0 heterocycles. The van der Waals surface area contributed by atoms with Crippen molar-refractivity contribution in [3.8, 4) is 0 Å². The summed E-state index contributed by atoms with van der Waals surface area (Å²) in [6.45, 7) is 0. The van der Waals surface area contributed by atoms with Gasteiger partial charge in [-0.15, -0.1) is 0 Å². The molecule has 1 saturated carbocycles. The van der Waals surface area contributed by atoms with Gasteiger partial charge in [-0.2, -0.15) is 0 Å². The highest BCUT2D eigenvalue weighted by molar-refractivity contribution is 9.10. The molecule has 0 spiro atoms. The van der Waals surface area contributed by atoms with Crippen LogP contribution >= 0.6 is 15.9 Å². The number of halogens is 2. The van der Waals surface area contributed by atoms with E-state index in [9.17, 15) is 9.18 Å². The zero-order valence-corrected chi connectivity index (χ0v) is 10.00. The third-order valence-electron chi connectivity index (χ3n) is 2.50. The third kappa shape index (κ3) is 2.59. The summed E-state index contributed by atoms with van der Waals surface area (Å²) in [6.07, 6.45) is 1.92. The summed E-state index contributed by atoms with van der Waals surface area (Å²) >= 11 is 3.21. The lowest BCUT2D eigenvalue weighted by atomic mass is 10.1. The van der Waals surface area contributed by atoms with E-state index >= 15 is 0 Å². The molecule has 1 aromatic rings. The maximum absolute atomic E-state index is 13.5. The molecule has 0 aliphatic heterocycles. The first-order valence-electron chi connectivity index (χ1n) is 5.01. The predicted octanol–water partition coefficient (Wildman–Crippen LogP) is 2.47. The molecule has 1 aliphatic carbocycles. The number of benzene rings is 1. The fourth-order valence-corrected chi connectivity index (χ4v) is 1.89. The van der Waals surface area contributed by atoms with Crippen molar-refractivity contribution in [1.82, 2.24) is 5.32 Å². The van der Waals surface area contributed by atoms with Gasteiger partial charge in [0.2, 0.25) is 0 Å². The van der Waals surface area contributed by atoms with Crippen LogP contribution in [0.2, 0.25) is 0 Å². The number of hydrogen-bond acceptors (Lipinski definition) is 2. The van der Waals surface area contributed by atoms with Crippen molar-refractivity contribution in [3.63, 3.8) is 0 Å². The normalized spacial score (nSPS) is 17.1. The van der Waals surface area contributed by atoms with E-state index in [1.54, 1.807) is 6.07 Å². The smallest absolute Gasteiger partial charge is 0.325 e. The van der Waals surface area contributed by atoms with E-state index < -0.39 is 17.8 Å². The molecule has 0 bridgehead atoms. The van der Waals surface area contributed by atoms with Crippen LogP contribution in [0.1, 0.15) is 24.4 Å². The van der Waals surface area contributed by atoms with E-state index in [1.165, 1.54) is 12.1 Å². The number of nitrogens with one attached hydrogen (secondary N) is 1. The molecule has 1 aliphatic rings. The molecule has 0 aromatic heterocycles. The highest BCUT2D eigenvalue weighted by Crippen LogP contribution is 2.27. The number of rotatable bonds is 4. The molecule has 1 atom stereocenters. The average Bonchev–Trinajstić information content (AvgIpc) is 3.02. The van der Waals surface area contributed by atoms with Gasteiger partial charge in [-0.1, -0.05) is 15.9 Å². The zero-order chi connectivity index (χ0) is 11.7. The van der Waals surface area contributed by atoms with Gasteiger partial charge < -0.3 is 5.11 Å². The largest absolute Gasteiger partial charge is 0.480 e. The molecule has 2 rings (SSSR count). The van der Waals surface area contributed by atoms with Crippen molar-refractivity contribution >= 4 is 21.9 Å². The van der Waals surface area contributed by atoms with Crippen LogP contribution < -0.4 is 5.32 Å². The molecular formula is C11H11BrFNO2. The highest BCUT2D eigenvalue weighted by Gasteiger charge is 2.30. The average molecular weight is 288 g/mol. The molecule has 1 unspecified atom stereocenters. The summed E-state index contributed by atoms with van der Waals surface area (Å²) in [4.78, 5) is 11.1. The molecule has 16 heavy (non-hydrogen) atoms. The van der Waals surface area contributed by atoms with Crippen molar-refractivity contribution in [3.05, 3.63) is 34.1 Å². The third-order valence-corrected chi connectivity index (χ3v) is 2.99. The minimum absolute atomic E-state index is 0.175. The Morgan fingerprint density at radius 1 is 1.56 bits per heavy atom. The second kappa shape index (κ2) is 4.51. The number of carboxylic acid groups (broad SMARTS) is 1. The molecule has 1 fully saturated rings. The minimum atomic E-state index is -1.05. The van der Waals surface area contributed by atoms with E-state index in [2.05, 4.69) is 21.2 Å². The molecule has 2 N–H and O–H groups in total. The number of carbonyl (C=O) groups is 1. The maximum Gasteiger partial charge on any atom is 0.325 e. The summed E-state index contributed by atoms with van der Waals surface area (Å²) in [7, 11) is 0. The number of carboxylic acids is 1. The Hall–Kier alpha value is -0.940. The highest BCUT2D eigenvalue weighted by atomic mass is 79.9. The van der Waals surface area contributed by atoms with Gasteiger partial charge in [0.05, 0.1) is 0 Å². The van der Waals surface area contributed by atoms with Crippen molar-refractivity contribution < 1.29 is 14.3 Å². The Bertz CT molecular complexity index is 420. The van der Waals surface area contributed by atoms with Crippen molar-refractivity contribution in [2.45, 2.75) is 24.9 Å². The maximum atomic E-state index is 13.5. The Kier molecular flexibility index (Phi) is 3.25.